The molecule has 0 saturated carbocycles. The van der Waals surface area contributed by atoms with E-state index in [1.165, 1.54) is 6.07 Å². The van der Waals surface area contributed by atoms with Gasteiger partial charge in [0, 0.05) is 0 Å². The first-order valence-corrected chi connectivity index (χ1v) is 4.12. The molecule has 0 atom stereocenters. The van der Waals surface area contributed by atoms with Gasteiger partial charge in [-0.05, 0) is 19.1 Å². The number of hydrogen-bond donors (Lipinski definition) is 3. The first kappa shape index (κ1) is 13.5. The van der Waals surface area contributed by atoms with Crippen LogP contribution in [0, 0.1) is 11.2 Å². The molecule has 0 amide bonds. The van der Waals surface area contributed by atoms with E-state index in [0.717, 1.165) is 6.07 Å². The van der Waals surface area contributed by atoms with E-state index in [1.807, 2.05) is 0 Å². The van der Waals surface area contributed by atoms with Crippen molar-refractivity contribution in [1.82, 2.24) is 0 Å². The summed E-state index contributed by atoms with van der Waals surface area (Å²) < 4.78 is 18.1. The van der Waals surface area contributed by atoms with Crippen molar-refractivity contribution in [1.29, 1.82) is 5.41 Å². The quantitative estimate of drug-likeness (QED) is 0.413. The van der Waals surface area contributed by atoms with E-state index in [1.54, 1.807) is 6.92 Å². The topological polar surface area (TPSA) is 85.1 Å². The minimum Gasteiger partial charge on any atom is -0.478 e. The Morgan fingerprint density at radius 1 is 1.40 bits per heavy atom. The first-order chi connectivity index (χ1) is 6.56. The van der Waals surface area contributed by atoms with Gasteiger partial charge in [0.25, 0.3) is 0 Å². The van der Waals surface area contributed by atoms with Crippen LogP contribution in [0.1, 0.15) is 12.5 Å². The lowest BCUT2D eigenvalue weighted by Gasteiger charge is -2.08. The second-order valence-corrected chi connectivity index (χ2v) is 2.72. The number of nitrogens with two attached hydrogens (primary N) is 2. The molecule has 0 saturated heterocycles. The second kappa shape index (κ2) is 5.41. The fourth-order valence-electron chi connectivity index (χ4n) is 1.00. The Kier molecular flexibility index (Phi) is 4.87. The van der Waals surface area contributed by atoms with Crippen LogP contribution in [0.4, 0.5) is 15.8 Å². The van der Waals surface area contributed by atoms with Crippen LogP contribution < -0.4 is 11.5 Å². The number of nitrogens with one attached hydrogen (secondary N) is 1. The lowest BCUT2D eigenvalue weighted by molar-refractivity contribution is 0.324. The largest absolute Gasteiger partial charge is 0.478 e. The van der Waals surface area contributed by atoms with E-state index < -0.39 is 5.82 Å². The highest BCUT2D eigenvalue weighted by Gasteiger charge is 2.11. The summed E-state index contributed by atoms with van der Waals surface area (Å²) >= 11 is 0. The molecule has 0 unspecified atom stereocenters. The minimum atomic E-state index is -0.602. The van der Waals surface area contributed by atoms with Gasteiger partial charge in [-0.3, -0.25) is 5.41 Å². The molecular weight excluding hydrogens is 221 g/mol. The smallest absolute Gasteiger partial charge is 0.216 e. The highest BCUT2D eigenvalue weighted by atomic mass is 35.5. The van der Waals surface area contributed by atoms with Crippen LogP contribution in [0.25, 0.3) is 0 Å². The van der Waals surface area contributed by atoms with E-state index in [2.05, 4.69) is 0 Å². The first-order valence-electron chi connectivity index (χ1n) is 4.12. The van der Waals surface area contributed by atoms with Crippen LogP contribution in [0.5, 0.6) is 0 Å². The Hall–Kier alpha value is -1.49. The number of halogens is 2. The Labute approximate surface area is 93.3 Å². The van der Waals surface area contributed by atoms with Gasteiger partial charge in [0.15, 0.2) is 0 Å². The van der Waals surface area contributed by atoms with E-state index in [4.69, 9.17) is 21.6 Å². The molecule has 0 bridgehead atoms. The standard InChI is InChI=1S/C9H12FN3O.ClH/c1-2-14-9(13)5-3-7(11)8(12)4-6(5)10;/h3-4,13H,2,11-12H2,1H3;1H. The summed E-state index contributed by atoms with van der Waals surface area (Å²) in [6.45, 7) is 2.02. The predicted molar refractivity (Wildman–Crippen MR) is 60.9 cm³/mol. The third kappa shape index (κ3) is 2.99. The van der Waals surface area contributed by atoms with Crippen molar-refractivity contribution >= 4 is 29.7 Å². The summed E-state index contributed by atoms with van der Waals surface area (Å²) in [5.74, 6) is -0.841. The number of benzene rings is 1. The molecular formula is C9H13ClFN3O. The molecule has 0 spiro atoms. The Morgan fingerprint density at radius 2 is 1.93 bits per heavy atom. The van der Waals surface area contributed by atoms with Crippen LogP contribution in [0.15, 0.2) is 12.1 Å². The monoisotopic (exact) mass is 233 g/mol. The Morgan fingerprint density at radius 3 is 2.47 bits per heavy atom. The van der Waals surface area contributed by atoms with Gasteiger partial charge in [-0.1, -0.05) is 0 Å². The molecule has 0 heterocycles. The molecule has 0 aliphatic rings. The zero-order chi connectivity index (χ0) is 10.7. The zero-order valence-corrected chi connectivity index (χ0v) is 9.03. The van der Waals surface area contributed by atoms with Gasteiger partial charge < -0.3 is 16.2 Å². The fourth-order valence-corrected chi connectivity index (χ4v) is 1.00. The van der Waals surface area contributed by atoms with Crippen molar-refractivity contribution in [2.24, 2.45) is 0 Å². The van der Waals surface area contributed by atoms with Crippen molar-refractivity contribution in [3.8, 4) is 0 Å². The molecule has 1 aromatic carbocycles. The van der Waals surface area contributed by atoms with Crippen molar-refractivity contribution < 1.29 is 9.13 Å². The van der Waals surface area contributed by atoms with Crippen LogP contribution >= 0.6 is 12.4 Å². The number of hydrogen-bond acceptors (Lipinski definition) is 4. The molecule has 84 valence electrons. The van der Waals surface area contributed by atoms with Gasteiger partial charge in [-0.15, -0.1) is 12.4 Å². The molecule has 0 fully saturated rings. The normalized spacial score (nSPS) is 9.20. The predicted octanol–water partition coefficient (Wildman–Crippen LogP) is 1.77. The minimum absolute atomic E-state index is 0. The summed E-state index contributed by atoms with van der Waals surface area (Å²) in [6.07, 6.45) is 0. The van der Waals surface area contributed by atoms with E-state index in [-0.39, 0.29) is 35.2 Å². The SMILES string of the molecule is CCOC(=N)c1cc(N)c(N)cc1F.Cl. The molecule has 0 aliphatic carbocycles. The van der Waals surface area contributed by atoms with Gasteiger partial charge in [0.05, 0.1) is 23.5 Å². The molecule has 0 aromatic heterocycles. The fraction of sp³-hybridized carbons (Fsp3) is 0.222. The van der Waals surface area contributed by atoms with E-state index >= 15 is 0 Å². The van der Waals surface area contributed by atoms with Crippen molar-refractivity contribution in [2.45, 2.75) is 6.92 Å². The maximum absolute atomic E-state index is 13.2. The number of nitrogen functional groups attached to an aromatic ring is 2. The summed E-state index contributed by atoms with van der Waals surface area (Å²) in [7, 11) is 0. The molecule has 5 N–H and O–H groups in total. The summed E-state index contributed by atoms with van der Waals surface area (Å²) in [6, 6.07) is 2.38. The van der Waals surface area contributed by atoms with Crippen molar-refractivity contribution in [3.05, 3.63) is 23.5 Å². The Balaban J connectivity index is 0.00000196. The number of rotatable bonds is 2. The Bertz CT molecular complexity index is 371. The van der Waals surface area contributed by atoms with E-state index in [9.17, 15) is 4.39 Å². The van der Waals surface area contributed by atoms with Crippen LogP contribution in [0.3, 0.4) is 0 Å². The third-order valence-electron chi connectivity index (χ3n) is 1.71. The van der Waals surface area contributed by atoms with Crippen molar-refractivity contribution in [3.63, 3.8) is 0 Å². The maximum atomic E-state index is 13.2. The van der Waals surface area contributed by atoms with Gasteiger partial charge in [0.1, 0.15) is 5.82 Å². The average Bonchev–Trinajstić information content (AvgIpc) is 2.11. The lowest BCUT2D eigenvalue weighted by Crippen LogP contribution is -2.09. The van der Waals surface area contributed by atoms with Gasteiger partial charge >= 0.3 is 0 Å². The number of anilines is 2. The van der Waals surface area contributed by atoms with Crippen LogP contribution in [-0.4, -0.2) is 12.5 Å². The summed E-state index contributed by atoms with van der Waals surface area (Å²) in [5, 5.41) is 7.38. The molecule has 0 radical (unpaired) electrons. The number of ether oxygens (including phenoxy) is 1. The van der Waals surface area contributed by atoms with Crippen LogP contribution in [0.2, 0.25) is 0 Å². The molecule has 1 rings (SSSR count). The molecule has 4 nitrogen and oxygen atoms in total. The molecule has 1 aromatic rings. The maximum Gasteiger partial charge on any atom is 0.216 e. The second-order valence-electron chi connectivity index (χ2n) is 2.72. The summed E-state index contributed by atoms with van der Waals surface area (Å²) in [5.41, 5.74) is 11.3. The van der Waals surface area contributed by atoms with Crippen LogP contribution in [-0.2, 0) is 4.74 Å². The summed E-state index contributed by atoms with van der Waals surface area (Å²) in [4.78, 5) is 0. The highest BCUT2D eigenvalue weighted by molar-refractivity contribution is 5.94. The third-order valence-corrected chi connectivity index (χ3v) is 1.71. The van der Waals surface area contributed by atoms with Gasteiger partial charge in [-0.2, -0.15) is 0 Å². The van der Waals surface area contributed by atoms with E-state index in [0.29, 0.717) is 6.61 Å². The van der Waals surface area contributed by atoms with Crippen molar-refractivity contribution in [2.75, 3.05) is 18.1 Å². The molecule has 6 heteroatoms. The highest BCUT2D eigenvalue weighted by Crippen LogP contribution is 2.20. The lowest BCUT2D eigenvalue weighted by atomic mass is 10.1. The average molecular weight is 234 g/mol. The molecule has 15 heavy (non-hydrogen) atoms. The van der Waals surface area contributed by atoms with Gasteiger partial charge in [-0.25, -0.2) is 4.39 Å². The van der Waals surface area contributed by atoms with Gasteiger partial charge in [0.2, 0.25) is 5.90 Å². The molecule has 0 aliphatic heterocycles. The zero-order valence-electron chi connectivity index (χ0n) is 8.21.